The van der Waals surface area contributed by atoms with E-state index in [4.69, 9.17) is 5.11 Å². The van der Waals surface area contributed by atoms with Gasteiger partial charge in [0.05, 0.1) is 12.5 Å². The van der Waals surface area contributed by atoms with E-state index >= 15 is 0 Å². The van der Waals surface area contributed by atoms with Crippen LogP contribution in [0.3, 0.4) is 0 Å². The molecule has 0 bridgehead atoms. The molecule has 0 spiro atoms. The van der Waals surface area contributed by atoms with Crippen molar-refractivity contribution in [3.05, 3.63) is 35.9 Å². The molecule has 1 aromatic rings. The van der Waals surface area contributed by atoms with Crippen LogP contribution in [0.5, 0.6) is 0 Å². The Morgan fingerprint density at radius 3 is 2.76 bits per heavy atom. The highest BCUT2D eigenvalue weighted by molar-refractivity contribution is 5.86. The van der Waals surface area contributed by atoms with E-state index in [1.54, 1.807) is 0 Å². The molecule has 21 heavy (non-hydrogen) atoms. The van der Waals surface area contributed by atoms with E-state index in [1.807, 2.05) is 18.2 Å². The van der Waals surface area contributed by atoms with E-state index in [0.29, 0.717) is 13.1 Å². The molecule has 0 saturated carbocycles. The van der Waals surface area contributed by atoms with Crippen molar-refractivity contribution in [3.63, 3.8) is 0 Å². The lowest BCUT2D eigenvalue weighted by Crippen LogP contribution is -2.59. The van der Waals surface area contributed by atoms with E-state index in [-0.39, 0.29) is 18.4 Å². The number of nitrogens with one attached hydrogen (secondary N) is 1. The first-order valence-corrected chi connectivity index (χ1v) is 7.41. The Balaban J connectivity index is 2.13. The molecule has 114 valence electrons. The van der Waals surface area contributed by atoms with Crippen molar-refractivity contribution in [2.75, 3.05) is 13.1 Å². The minimum Gasteiger partial charge on any atom is -0.481 e. The van der Waals surface area contributed by atoms with Crippen LogP contribution in [0.4, 0.5) is 0 Å². The Hall–Kier alpha value is -1.88. The smallest absolute Gasteiger partial charge is 0.305 e. The molecule has 2 atom stereocenters. The van der Waals surface area contributed by atoms with Gasteiger partial charge in [0.1, 0.15) is 0 Å². The highest BCUT2D eigenvalue weighted by atomic mass is 16.4. The van der Waals surface area contributed by atoms with Crippen LogP contribution in [0.25, 0.3) is 0 Å². The number of amides is 1. The number of carboxylic acid groups (broad SMARTS) is 1. The second-order valence-corrected chi connectivity index (χ2v) is 5.39. The molecular weight excluding hydrogens is 268 g/mol. The molecular formula is C16H22N2O3. The molecule has 1 aliphatic heterocycles. The molecule has 0 aromatic heterocycles. The summed E-state index contributed by atoms with van der Waals surface area (Å²) in [5.74, 6) is -1.10. The Kier molecular flexibility index (Phi) is 5.33. The van der Waals surface area contributed by atoms with Gasteiger partial charge in [0, 0.05) is 19.1 Å². The second-order valence-electron chi connectivity index (χ2n) is 5.39. The van der Waals surface area contributed by atoms with Gasteiger partial charge in [0.25, 0.3) is 0 Å². The number of piperazine rings is 1. The summed E-state index contributed by atoms with van der Waals surface area (Å²) in [6, 6.07) is 9.73. The summed E-state index contributed by atoms with van der Waals surface area (Å²) in [6.45, 7) is 3.37. The zero-order chi connectivity index (χ0) is 15.2. The molecule has 2 N–H and O–H groups in total. The topological polar surface area (TPSA) is 69.6 Å². The van der Waals surface area contributed by atoms with Crippen molar-refractivity contribution in [1.82, 2.24) is 10.2 Å². The van der Waals surface area contributed by atoms with Gasteiger partial charge < -0.3 is 10.4 Å². The Bertz CT molecular complexity index is 490. The van der Waals surface area contributed by atoms with E-state index in [1.165, 1.54) is 5.56 Å². The number of benzene rings is 1. The third-order valence-electron chi connectivity index (χ3n) is 3.99. The van der Waals surface area contributed by atoms with Crippen molar-refractivity contribution < 1.29 is 14.7 Å². The molecule has 1 amide bonds. The molecule has 1 aromatic carbocycles. The van der Waals surface area contributed by atoms with E-state index in [9.17, 15) is 9.59 Å². The quantitative estimate of drug-likeness (QED) is 0.828. The molecule has 0 radical (unpaired) electrons. The summed E-state index contributed by atoms with van der Waals surface area (Å²) in [6.07, 6.45) is 1.58. The fourth-order valence-electron chi connectivity index (χ4n) is 2.93. The van der Waals surface area contributed by atoms with Crippen LogP contribution in [0.15, 0.2) is 30.3 Å². The Morgan fingerprint density at radius 2 is 2.14 bits per heavy atom. The predicted octanol–water partition coefficient (Wildman–Crippen LogP) is 1.28. The number of hydrogen-bond acceptors (Lipinski definition) is 3. The van der Waals surface area contributed by atoms with Gasteiger partial charge >= 0.3 is 5.97 Å². The van der Waals surface area contributed by atoms with Crippen LogP contribution in [-0.2, 0) is 16.0 Å². The highest BCUT2D eigenvalue weighted by Gasteiger charge is 2.35. The summed E-state index contributed by atoms with van der Waals surface area (Å²) >= 11 is 0. The van der Waals surface area contributed by atoms with Crippen molar-refractivity contribution in [1.29, 1.82) is 0 Å². The zero-order valence-electron chi connectivity index (χ0n) is 12.3. The van der Waals surface area contributed by atoms with Crippen LogP contribution in [0, 0.1) is 0 Å². The molecule has 1 fully saturated rings. The number of hydrogen-bond donors (Lipinski definition) is 2. The van der Waals surface area contributed by atoms with Crippen LogP contribution in [0.1, 0.15) is 25.3 Å². The second kappa shape index (κ2) is 7.22. The van der Waals surface area contributed by atoms with Gasteiger partial charge in [-0.1, -0.05) is 37.3 Å². The fraction of sp³-hybridized carbons (Fsp3) is 0.500. The maximum Gasteiger partial charge on any atom is 0.305 e. The molecule has 1 heterocycles. The predicted molar refractivity (Wildman–Crippen MR) is 80.0 cm³/mol. The summed E-state index contributed by atoms with van der Waals surface area (Å²) in [7, 11) is 0. The lowest BCUT2D eigenvalue weighted by Gasteiger charge is -2.39. The SMILES string of the molecule is CCC(Cc1ccccc1)N1CCNC(=O)C1CC(=O)O. The molecule has 2 rings (SSSR count). The lowest BCUT2D eigenvalue weighted by molar-refractivity contribution is -0.144. The third kappa shape index (κ3) is 4.04. The molecule has 1 saturated heterocycles. The summed E-state index contributed by atoms with van der Waals surface area (Å²) in [4.78, 5) is 25.1. The molecule has 1 aliphatic rings. The van der Waals surface area contributed by atoms with Gasteiger partial charge in [0.15, 0.2) is 0 Å². The van der Waals surface area contributed by atoms with Crippen LogP contribution in [-0.4, -0.2) is 47.1 Å². The number of rotatable bonds is 6. The Morgan fingerprint density at radius 1 is 1.43 bits per heavy atom. The third-order valence-corrected chi connectivity index (χ3v) is 3.99. The number of carbonyl (C=O) groups excluding carboxylic acids is 1. The van der Waals surface area contributed by atoms with Crippen molar-refractivity contribution in [2.24, 2.45) is 0 Å². The maximum absolute atomic E-state index is 12.0. The summed E-state index contributed by atoms with van der Waals surface area (Å²) in [5, 5.41) is 11.8. The zero-order valence-corrected chi connectivity index (χ0v) is 12.3. The van der Waals surface area contributed by atoms with Crippen molar-refractivity contribution >= 4 is 11.9 Å². The van der Waals surface area contributed by atoms with Crippen molar-refractivity contribution in [3.8, 4) is 0 Å². The van der Waals surface area contributed by atoms with E-state index in [0.717, 1.165) is 12.8 Å². The standard InChI is InChI=1S/C16H22N2O3/c1-2-13(10-12-6-4-3-5-7-12)18-9-8-17-16(21)14(18)11-15(19)20/h3-7,13-14H,2,8-11H2,1H3,(H,17,21)(H,19,20). The van der Waals surface area contributed by atoms with Crippen LogP contribution < -0.4 is 5.32 Å². The van der Waals surface area contributed by atoms with E-state index < -0.39 is 12.0 Å². The lowest BCUT2D eigenvalue weighted by atomic mass is 9.98. The van der Waals surface area contributed by atoms with E-state index in [2.05, 4.69) is 29.3 Å². The number of carbonyl (C=O) groups is 2. The van der Waals surface area contributed by atoms with Gasteiger partial charge in [-0.3, -0.25) is 14.5 Å². The van der Waals surface area contributed by atoms with Gasteiger partial charge in [-0.2, -0.15) is 0 Å². The van der Waals surface area contributed by atoms with Crippen LogP contribution in [0.2, 0.25) is 0 Å². The highest BCUT2D eigenvalue weighted by Crippen LogP contribution is 2.19. The monoisotopic (exact) mass is 290 g/mol. The molecule has 2 unspecified atom stereocenters. The van der Waals surface area contributed by atoms with Crippen molar-refractivity contribution in [2.45, 2.75) is 38.3 Å². The minimum absolute atomic E-state index is 0.142. The normalized spacial score (nSPS) is 20.8. The number of nitrogens with zero attached hydrogens (tertiary/aromatic N) is 1. The summed E-state index contributed by atoms with van der Waals surface area (Å²) < 4.78 is 0. The van der Waals surface area contributed by atoms with Crippen LogP contribution >= 0.6 is 0 Å². The molecule has 5 heteroatoms. The first kappa shape index (κ1) is 15.5. The maximum atomic E-state index is 12.0. The van der Waals surface area contributed by atoms with Gasteiger partial charge in [-0.15, -0.1) is 0 Å². The first-order valence-electron chi connectivity index (χ1n) is 7.41. The molecule has 5 nitrogen and oxygen atoms in total. The van der Waals surface area contributed by atoms with Gasteiger partial charge in [0.2, 0.25) is 5.91 Å². The molecule has 0 aliphatic carbocycles. The average molecular weight is 290 g/mol. The number of carboxylic acids is 1. The summed E-state index contributed by atoms with van der Waals surface area (Å²) in [5.41, 5.74) is 1.21. The average Bonchev–Trinajstić information content (AvgIpc) is 2.48. The first-order chi connectivity index (χ1) is 10.1. The minimum atomic E-state index is -0.934. The van der Waals surface area contributed by atoms with Gasteiger partial charge in [-0.05, 0) is 18.4 Å². The fourth-order valence-corrected chi connectivity index (χ4v) is 2.93. The number of aliphatic carboxylic acids is 1. The van der Waals surface area contributed by atoms with Gasteiger partial charge in [-0.25, -0.2) is 0 Å². The Labute approximate surface area is 125 Å². The largest absolute Gasteiger partial charge is 0.481 e.